The highest BCUT2D eigenvalue weighted by molar-refractivity contribution is 6.06. The number of amides is 1. The third kappa shape index (κ3) is 15.4. The summed E-state index contributed by atoms with van der Waals surface area (Å²) >= 11 is 0. The van der Waals surface area contributed by atoms with Gasteiger partial charge in [0.25, 0.3) is 0 Å². The fraction of sp³-hybridized carbons (Fsp3) is 0.400. The van der Waals surface area contributed by atoms with Crippen LogP contribution in [-0.2, 0) is 16.0 Å². The maximum atomic E-state index is 12.9. The Bertz CT molecular complexity index is 1700. The van der Waals surface area contributed by atoms with Crippen LogP contribution in [0.5, 0.6) is 0 Å². The number of hydrogen-bond acceptors (Lipinski definition) is 9. The van der Waals surface area contributed by atoms with E-state index in [-0.39, 0.29) is 48.2 Å². The van der Waals surface area contributed by atoms with Crippen molar-refractivity contribution in [1.29, 1.82) is 5.41 Å². The SMILES string of the molecule is CC(=O)c1cc(NC(=O)CCCCCCCCC(=O)Cc2cc(C(C)=NCC(=N)N)cc(/C(C)=N/N=C(N)N)c2)cc(/C(C)=N/N=C(N)N)c1. The van der Waals surface area contributed by atoms with Crippen LogP contribution >= 0.6 is 0 Å². The van der Waals surface area contributed by atoms with Gasteiger partial charge in [-0.2, -0.15) is 10.2 Å². The number of carbonyl (C=O) groups excluding carboxylic acids is 3. The quantitative estimate of drug-likeness (QED) is 0.0355. The Labute approximate surface area is 293 Å². The van der Waals surface area contributed by atoms with E-state index in [4.69, 9.17) is 34.1 Å². The third-order valence-electron chi connectivity index (χ3n) is 7.50. The van der Waals surface area contributed by atoms with Crippen LogP contribution in [0.15, 0.2) is 61.8 Å². The summed E-state index contributed by atoms with van der Waals surface area (Å²) in [5.74, 6) is -0.561. The first-order chi connectivity index (χ1) is 23.6. The van der Waals surface area contributed by atoms with E-state index < -0.39 is 0 Å². The van der Waals surface area contributed by atoms with Gasteiger partial charge in [0.1, 0.15) is 11.6 Å². The molecule has 2 aromatic carbocycles. The summed E-state index contributed by atoms with van der Waals surface area (Å²) in [7, 11) is 0. The molecule has 0 unspecified atom stereocenters. The highest BCUT2D eigenvalue weighted by atomic mass is 16.1. The van der Waals surface area contributed by atoms with E-state index in [2.05, 4.69) is 30.7 Å². The van der Waals surface area contributed by atoms with E-state index >= 15 is 0 Å². The second-order valence-electron chi connectivity index (χ2n) is 12.0. The molecule has 15 nitrogen and oxygen atoms in total. The number of Topliss-reactive ketones (excluding diaryl/α,β-unsaturated/α-hetero) is 2. The topological polar surface area (TPSA) is 279 Å². The van der Waals surface area contributed by atoms with Crippen LogP contribution in [0.25, 0.3) is 0 Å². The first kappa shape index (κ1) is 40.4. The van der Waals surface area contributed by atoms with Gasteiger partial charge in [0.15, 0.2) is 5.78 Å². The van der Waals surface area contributed by atoms with Crippen molar-refractivity contribution in [2.75, 3.05) is 11.9 Å². The minimum Gasteiger partial charge on any atom is -0.386 e. The van der Waals surface area contributed by atoms with E-state index in [0.29, 0.717) is 53.2 Å². The van der Waals surface area contributed by atoms with Crippen molar-refractivity contribution in [3.63, 3.8) is 0 Å². The standard InChI is InChI=1S/C35H50N12O3/c1-21(42-20-32(36)37)26-13-25(14-27(16-26)22(2)44-46-34(38)39)15-31(49)11-9-7-5-6-8-10-12-33(50)43-30-18-28(17-29(19-30)24(4)48)23(3)45-47-35(40)41/h13-14,16-19H,5-12,15,20H2,1-4H3,(H3,36,37)(H,43,50)(H4,38,39,46)(H4,40,41,47)/b42-21?,44-22+,45-23+. The van der Waals surface area contributed by atoms with Crippen LogP contribution in [0.4, 0.5) is 5.69 Å². The monoisotopic (exact) mass is 686 g/mol. The molecule has 0 aromatic heterocycles. The number of benzene rings is 2. The molecule has 1 amide bonds. The number of aliphatic imine (C=N–C) groups is 1. The molecule has 0 fully saturated rings. The lowest BCUT2D eigenvalue weighted by Gasteiger charge is -2.10. The third-order valence-corrected chi connectivity index (χ3v) is 7.50. The van der Waals surface area contributed by atoms with E-state index in [1.807, 2.05) is 25.1 Å². The highest BCUT2D eigenvalue weighted by Gasteiger charge is 2.12. The second kappa shape index (κ2) is 20.6. The molecule has 0 aliphatic rings. The molecule has 50 heavy (non-hydrogen) atoms. The summed E-state index contributed by atoms with van der Waals surface area (Å²) in [4.78, 5) is 41.9. The molecule has 15 heteroatoms. The van der Waals surface area contributed by atoms with Gasteiger partial charge in [0.05, 0.1) is 18.0 Å². The number of carbonyl (C=O) groups is 3. The maximum absolute atomic E-state index is 12.9. The Morgan fingerprint density at radius 2 is 1.10 bits per heavy atom. The van der Waals surface area contributed by atoms with Gasteiger partial charge in [-0.05, 0) is 93.6 Å². The van der Waals surface area contributed by atoms with Crippen molar-refractivity contribution in [2.24, 2.45) is 54.1 Å². The van der Waals surface area contributed by atoms with Crippen molar-refractivity contribution >= 4 is 58.1 Å². The second-order valence-corrected chi connectivity index (χ2v) is 12.0. The summed E-state index contributed by atoms with van der Waals surface area (Å²) in [5, 5.41) is 25.7. The number of nitrogens with two attached hydrogens (primary N) is 5. The van der Waals surface area contributed by atoms with Gasteiger partial charge >= 0.3 is 0 Å². The fourth-order valence-electron chi connectivity index (χ4n) is 4.85. The van der Waals surface area contributed by atoms with Crippen LogP contribution in [0.1, 0.15) is 112 Å². The van der Waals surface area contributed by atoms with Gasteiger partial charge in [-0.1, -0.05) is 25.7 Å². The van der Waals surface area contributed by atoms with Gasteiger partial charge < -0.3 is 34.0 Å². The first-order valence-corrected chi connectivity index (χ1v) is 16.4. The lowest BCUT2D eigenvalue weighted by atomic mass is 9.96. The van der Waals surface area contributed by atoms with E-state index in [9.17, 15) is 14.4 Å². The van der Waals surface area contributed by atoms with E-state index in [0.717, 1.165) is 48.8 Å². The molecule has 0 saturated heterocycles. The summed E-state index contributed by atoms with van der Waals surface area (Å²) in [6, 6.07) is 10.7. The summed E-state index contributed by atoms with van der Waals surface area (Å²) in [6.45, 7) is 6.82. The minimum absolute atomic E-state index is 0.0431. The van der Waals surface area contributed by atoms with E-state index in [1.165, 1.54) is 6.92 Å². The van der Waals surface area contributed by atoms with Crippen molar-refractivity contribution in [1.82, 2.24) is 0 Å². The van der Waals surface area contributed by atoms with Gasteiger partial charge in [-0.25, -0.2) is 0 Å². The predicted octanol–water partition coefficient (Wildman–Crippen LogP) is 3.50. The molecule has 0 aliphatic carbocycles. The minimum atomic E-state index is -0.185. The number of anilines is 1. The lowest BCUT2D eigenvalue weighted by molar-refractivity contribution is -0.118. The summed E-state index contributed by atoms with van der Waals surface area (Å²) < 4.78 is 0. The van der Waals surface area contributed by atoms with Crippen LogP contribution in [-0.4, -0.2) is 58.9 Å². The van der Waals surface area contributed by atoms with Crippen LogP contribution in [0, 0.1) is 5.41 Å². The average molecular weight is 687 g/mol. The zero-order valence-electron chi connectivity index (χ0n) is 29.4. The number of guanidine groups is 2. The molecule has 2 rings (SSSR count). The number of hydrogen-bond donors (Lipinski definition) is 7. The fourth-order valence-corrected chi connectivity index (χ4v) is 4.85. The Balaban J connectivity index is 1.85. The molecule has 12 N–H and O–H groups in total. The molecule has 268 valence electrons. The average Bonchev–Trinajstić information content (AvgIpc) is 3.05. The molecular formula is C35H50N12O3. The van der Waals surface area contributed by atoms with Gasteiger partial charge in [0, 0.05) is 41.8 Å². The van der Waals surface area contributed by atoms with Crippen LogP contribution < -0.4 is 34.0 Å². The summed E-state index contributed by atoms with van der Waals surface area (Å²) in [6.07, 6.45) is 6.24. The Hall–Kier alpha value is -5.73. The molecule has 0 heterocycles. The van der Waals surface area contributed by atoms with Crippen molar-refractivity contribution in [3.8, 4) is 0 Å². The number of rotatable bonds is 20. The molecule has 0 spiro atoms. The van der Waals surface area contributed by atoms with Crippen LogP contribution in [0.3, 0.4) is 0 Å². The highest BCUT2D eigenvalue weighted by Crippen LogP contribution is 2.19. The number of ketones is 2. The number of amidine groups is 1. The first-order valence-electron chi connectivity index (χ1n) is 16.4. The van der Waals surface area contributed by atoms with Gasteiger partial charge in [0.2, 0.25) is 17.8 Å². The Morgan fingerprint density at radius 3 is 1.64 bits per heavy atom. The number of unbranched alkanes of at least 4 members (excludes halogenated alkanes) is 5. The lowest BCUT2D eigenvalue weighted by Crippen LogP contribution is -2.22. The molecule has 0 atom stereocenters. The number of nitrogens with zero attached hydrogens (tertiary/aromatic N) is 5. The zero-order valence-corrected chi connectivity index (χ0v) is 29.4. The normalized spacial score (nSPS) is 11.9. The smallest absolute Gasteiger partial charge is 0.224 e. The molecule has 0 radical (unpaired) electrons. The molecule has 0 saturated carbocycles. The van der Waals surface area contributed by atoms with Gasteiger partial charge in [-0.15, -0.1) is 10.2 Å². The van der Waals surface area contributed by atoms with Gasteiger partial charge in [-0.3, -0.25) is 24.8 Å². The number of nitrogens with one attached hydrogen (secondary N) is 2. The Kier molecular flexibility index (Phi) is 16.7. The van der Waals surface area contributed by atoms with E-state index in [1.54, 1.807) is 32.0 Å². The summed E-state index contributed by atoms with van der Waals surface area (Å²) in [5.41, 5.74) is 32.6. The van der Waals surface area contributed by atoms with Crippen LogP contribution in [0.2, 0.25) is 0 Å². The molecule has 2 aromatic rings. The molecular weight excluding hydrogens is 636 g/mol. The van der Waals surface area contributed by atoms with Crippen molar-refractivity contribution in [2.45, 2.75) is 85.5 Å². The molecule has 0 bridgehead atoms. The van der Waals surface area contributed by atoms with Crippen molar-refractivity contribution in [3.05, 3.63) is 64.2 Å². The largest absolute Gasteiger partial charge is 0.386 e. The predicted molar refractivity (Wildman–Crippen MR) is 202 cm³/mol. The Morgan fingerprint density at radius 1 is 0.620 bits per heavy atom. The van der Waals surface area contributed by atoms with Crippen molar-refractivity contribution < 1.29 is 14.4 Å². The maximum Gasteiger partial charge on any atom is 0.224 e. The zero-order chi connectivity index (χ0) is 37.2. The molecule has 0 aliphatic heterocycles.